The molecule has 118 valence electrons. The molecule has 6 nitrogen and oxygen atoms in total. The Kier molecular flexibility index (Phi) is 5.08. The van der Waals surface area contributed by atoms with Crippen molar-refractivity contribution in [3.05, 3.63) is 47.5 Å². The smallest absolute Gasteiger partial charge is 0.151 e. The first-order valence-electron chi connectivity index (χ1n) is 7.09. The molecule has 0 heterocycles. The largest absolute Gasteiger partial charge is 0.398 e. The normalized spacial score (nSPS) is 10.9. The van der Waals surface area contributed by atoms with Gasteiger partial charge in [0.1, 0.15) is 0 Å². The highest BCUT2D eigenvalue weighted by Crippen LogP contribution is 2.27. The number of nitrogen functional groups attached to an aromatic ring is 3. The van der Waals surface area contributed by atoms with E-state index in [-0.39, 0.29) is 6.42 Å². The number of hydrogen-bond acceptors (Lipinski definition) is 6. The highest BCUT2D eigenvalue weighted by Gasteiger charge is 2.12. The molecule has 0 saturated heterocycles. The van der Waals surface area contributed by atoms with Gasteiger partial charge in [-0.3, -0.25) is 0 Å². The molecule has 0 aliphatic heterocycles. The second kappa shape index (κ2) is 7.02. The molecule has 2 rings (SSSR count). The Morgan fingerprint density at radius 3 is 2.14 bits per heavy atom. The molecule has 6 heteroatoms. The lowest BCUT2D eigenvalue weighted by molar-refractivity contribution is -0.0446. The van der Waals surface area contributed by atoms with Crippen LogP contribution in [-0.4, -0.2) is 16.5 Å². The fourth-order valence-corrected chi connectivity index (χ4v) is 2.35. The Labute approximate surface area is 129 Å². The van der Waals surface area contributed by atoms with E-state index in [0.29, 0.717) is 30.0 Å². The summed E-state index contributed by atoms with van der Waals surface area (Å²) >= 11 is 0. The predicted molar refractivity (Wildman–Crippen MR) is 90.0 cm³/mol. The van der Waals surface area contributed by atoms with Gasteiger partial charge in [-0.05, 0) is 41.8 Å². The van der Waals surface area contributed by atoms with Crippen LogP contribution in [0.3, 0.4) is 0 Å². The zero-order valence-electron chi connectivity index (χ0n) is 12.3. The fraction of sp³-hybridized carbons (Fsp3) is 0.250. The molecule has 2 aromatic rings. The van der Waals surface area contributed by atoms with Crippen LogP contribution in [-0.2, 0) is 13.0 Å². The quantitative estimate of drug-likeness (QED) is 0.352. The molecule has 0 amide bonds. The summed E-state index contributed by atoms with van der Waals surface area (Å²) in [6.45, 7) is 0.460. The highest BCUT2D eigenvalue weighted by atomic mass is 16.5. The lowest BCUT2D eigenvalue weighted by atomic mass is 9.98. The number of nitrogens with one attached hydrogen (secondary N) is 1. The van der Waals surface area contributed by atoms with Gasteiger partial charge in [0.25, 0.3) is 0 Å². The predicted octanol–water partition coefficient (Wildman–Crippen LogP) is 1.29. The molecule has 0 bridgehead atoms. The Morgan fingerprint density at radius 2 is 1.50 bits per heavy atom. The van der Waals surface area contributed by atoms with Crippen molar-refractivity contribution in [3.8, 4) is 0 Å². The van der Waals surface area contributed by atoms with Gasteiger partial charge in [-0.25, -0.2) is 0 Å². The fourth-order valence-electron chi connectivity index (χ4n) is 2.35. The molecule has 0 unspecified atom stereocenters. The van der Waals surface area contributed by atoms with Crippen molar-refractivity contribution in [2.24, 2.45) is 0 Å². The van der Waals surface area contributed by atoms with Crippen LogP contribution >= 0.6 is 0 Å². The van der Waals surface area contributed by atoms with Gasteiger partial charge < -0.3 is 32.7 Å². The minimum Gasteiger partial charge on any atom is -0.398 e. The first-order valence-corrected chi connectivity index (χ1v) is 7.09. The Morgan fingerprint density at radius 1 is 0.864 bits per heavy atom. The lowest BCUT2D eigenvalue weighted by Gasteiger charge is -2.17. The number of nitrogens with two attached hydrogens (primary N) is 3. The molecule has 0 fully saturated rings. The van der Waals surface area contributed by atoms with Gasteiger partial charge in [0.2, 0.25) is 0 Å². The van der Waals surface area contributed by atoms with Crippen molar-refractivity contribution < 1.29 is 10.2 Å². The summed E-state index contributed by atoms with van der Waals surface area (Å²) < 4.78 is 0. The van der Waals surface area contributed by atoms with Gasteiger partial charge in [0.05, 0.1) is 11.4 Å². The third kappa shape index (κ3) is 3.81. The van der Waals surface area contributed by atoms with Crippen molar-refractivity contribution in [2.45, 2.75) is 25.7 Å². The summed E-state index contributed by atoms with van der Waals surface area (Å²) in [5.41, 5.74) is 22.3. The molecular weight excluding hydrogens is 280 g/mol. The maximum absolute atomic E-state index is 9.06. The second-order valence-electron chi connectivity index (χ2n) is 5.16. The standard InChI is InChI=1S/C16H22N4O2/c17-12-6-7-13(18)11(10(12)5-8-16(21)22)9-20-15-4-2-1-3-14(15)19/h1-4,6-7,16,20-22H,5,8-9,17-19H2. The summed E-state index contributed by atoms with van der Waals surface area (Å²) in [5, 5.41) is 21.4. The van der Waals surface area contributed by atoms with Crippen molar-refractivity contribution in [2.75, 3.05) is 22.5 Å². The first kappa shape index (κ1) is 15.9. The van der Waals surface area contributed by atoms with Crippen LogP contribution in [0, 0.1) is 0 Å². The molecular formula is C16H22N4O2. The first-order chi connectivity index (χ1) is 10.5. The monoisotopic (exact) mass is 302 g/mol. The van der Waals surface area contributed by atoms with E-state index in [2.05, 4.69) is 5.32 Å². The van der Waals surface area contributed by atoms with Crippen molar-refractivity contribution in [3.63, 3.8) is 0 Å². The number of aliphatic hydroxyl groups excluding tert-OH is 1. The van der Waals surface area contributed by atoms with E-state index in [9.17, 15) is 0 Å². The van der Waals surface area contributed by atoms with E-state index >= 15 is 0 Å². The van der Waals surface area contributed by atoms with Crippen LogP contribution in [0.25, 0.3) is 0 Å². The number of anilines is 4. The third-order valence-electron chi connectivity index (χ3n) is 3.57. The number of benzene rings is 2. The molecule has 22 heavy (non-hydrogen) atoms. The Balaban J connectivity index is 2.22. The van der Waals surface area contributed by atoms with Crippen molar-refractivity contribution >= 4 is 22.7 Å². The van der Waals surface area contributed by atoms with Crippen LogP contribution in [0.2, 0.25) is 0 Å². The molecule has 0 atom stereocenters. The Hall–Kier alpha value is -2.44. The average molecular weight is 302 g/mol. The van der Waals surface area contributed by atoms with E-state index < -0.39 is 6.29 Å². The average Bonchev–Trinajstić information content (AvgIpc) is 2.48. The molecule has 0 aromatic heterocycles. The number of hydrogen-bond donors (Lipinski definition) is 6. The van der Waals surface area contributed by atoms with E-state index in [1.165, 1.54) is 0 Å². The molecule has 0 saturated carbocycles. The highest BCUT2D eigenvalue weighted by molar-refractivity contribution is 5.68. The van der Waals surface area contributed by atoms with Crippen LogP contribution in [0.1, 0.15) is 17.5 Å². The van der Waals surface area contributed by atoms with Gasteiger partial charge in [-0.15, -0.1) is 0 Å². The molecule has 2 aromatic carbocycles. The molecule has 0 spiro atoms. The SMILES string of the molecule is Nc1ccccc1NCc1c(N)ccc(N)c1CCC(O)O. The summed E-state index contributed by atoms with van der Waals surface area (Å²) in [4.78, 5) is 0. The van der Waals surface area contributed by atoms with Crippen LogP contribution < -0.4 is 22.5 Å². The van der Waals surface area contributed by atoms with Gasteiger partial charge in [0, 0.05) is 24.3 Å². The minimum atomic E-state index is -1.37. The number of para-hydroxylation sites is 2. The molecule has 0 aliphatic rings. The molecule has 0 radical (unpaired) electrons. The van der Waals surface area contributed by atoms with Crippen LogP contribution in [0.15, 0.2) is 36.4 Å². The number of aliphatic hydroxyl groups is 2. The molecule has 9 N–H and O–H groups in total. The zero-order chi connectivity index (χ0) is 16.1. The minimum absolute atomic E-state index is 0.203. The van der Waals surface area contributed by atoms with Gasteiger partial charge in [0.15, 0.2) is 6.29 Å². The van der Waals surface area contributed by atoms with Gasteiger partial charge in [-0.2, -0.15) is 0 Å². The van der Waals surface area contributed by atoms with Crippen molar-refractivity contribution in [1.29, 1.82) is 0 Å². The maximum atomic E-state index is 9.06. The van der Waals surface area contributed by atoms with Crippen LogP contribution in [0.5, 0.6) is 0 Å². The third-order valence-corrected chi connectivity index (χ3v) is 3.57. The van der Waals surface area contributed by atoms with E-state index in [4.69, 9.17) is 27.4 Å². The molecule has 0 aliphatic carbocycles. The topological polar surface area (TPSA) is 131 Å². The lowest BCUT2D eigenvalue weighted by Crippen LogP contribution is -2.12. The Bertz CT molecular complexity index is 644. The van der Waals surface area contributed by atoms with Gasteiger partial charge in [-0.1, -0.05) is 12.1 Å². The number of rotatable bonds is 6. The second-order valence-corrected chi connectivity index (χ2v) is 5.16. The van der Waals surface area contributed by atoms with E-state index in [1.807, 2.05) is 24.3 Å². The zero-order valence-corrected chi connectivity index (χ0v) is 12.3. The van der Waals surface area contributed by atoms with E-state index in [1.54, 1.807) is 12.1 Å². The van der Waals surface area contributed by atoms with E-state index in [0.717, 1.165) is 16.8 Å². The maximum Gasteiger partial charge on any atom is 0.151 e. The van der Waals surface area contributed by atoms with Gasteiger partial charge >= 0.3 is 0 Å². The summed E-state index contributed by atoms with van der Waals surface area (Å²) in [7, 11) is 0. The summed E-state index contributed by atoms with van der Waals surface area (Å²) in [5.74, 6) is 0. The van der Waals surface area contributed by atoms with Crippen LogP contribution in [0.4, 0.5) is 22.7 Å². The van der Waals surface area contributed by atoms with Crippen molar-refractivity contribution in [1.82, 2.24) is 0 Å². The summed E-state index contributed by atoms with van der Waals surface area (Å²) in [6, 6.07) is 10.9. The summed E-state index contributed by atoms with van der Waals surface area (Å²) in [6.07, 6.45) is -0.726.